The van der Waals surface area contributed by atoms with Gasteiger partial charge in [0.15, 0.2) is 0 Å². The Morgan fingerprint density at radius 2 is 1.34 bits per heavy atom. The zero-order valence-corrected chi connectivity index (χ0v) is 20.0. The lowest BCUT2D eigenvalue weighted by atomic mass is 9.96. The lowest BCUT2D eigenvalue weighted by Gasteiger charge is -2.39. The van der Waals surface area contributed by atoms with Gasteiger partial charge in [0, 0.05) is 38.9 Å². The Balaban J connectivity index is 1.37. The zero-order chi connectivity index (χ0) is 24.7. The van der Waals surface area contributed by atoms with Gasteiger partial charge in [0.1, 0.15) is 11.6 Å². The van der Waals surface area contributed by atoms with Crippen LogP contribution in [0.4, 0.5) is 14.5 Å². The molecule has 2 aliphatic rings. The fourth-order valence-corrected chi connectivity index (χ4v) is 6.34. The van der Waals surface area contributed by atoms with Gasteiger partial charge in [-0.05, 0) is 59.2 Å². The first kappa shape index (κ1) is 23.6. The van der Waals surface area contributed by atoms with Crippen LogP contribution in [0.1, 0.15) is 22.7 Å². The van der Waals surface area contributed by atoms with E-state index >= 15 is 0 Å². The number of sulfonamides is 1. The summed E-state index contributed by atoms with van der Waals surface area (Å²) in [7, 11) is -2.05. The van der Waals surface area contributed by atoms with Gasteiger partial charge in [0.2, 0.25) is 15.9 Å². The van der Waals surface area contributed by atoms with Crippen LogP contribution in [0.2, 0.25) is 0 Å². The quantitative estimate of drug-likeness (QED) is 0.541. The third-order valence-corrected chi connectivity index (χ3v) is 8.67. The molecule has 0 aliphatic carbocycles. The largest absolute Gasteiger partial charge is 0.315 e. The van der Waals surface area contributed by atoms with Crippen molar-refractivity contribution in [1.82, 2.24) is 9.21 Å². The van der Waals surface area contributed by atoms with E-state index in [-0.39, 0.29) is 48.0 Å². The molecule has 6 nitrogen and oxygen atoms in total. The third kappa shape index (κ3) is 4.47. The minimum absolute atomic E-state index is 0.0595. The van der Waals surface area contributed by atoms with Crippen molar-refractivity contribution >= 4 is 21.6 Å². The van der Waals surface area contributed by atoms with Gasteiger partial charge >= 0.3 is 0 Å². The Morgan fingerprint density at radius 3 is 1.89 bits per heavy atom. The molecule has 1 amide bonds. The minimum Gasteiger partial charge on any atom is -0.315 e. The highest BCUT2D eigenvalue weighted by atomic mass is 32.2. The van der Waals surface area contributed by atoms with Crippen LogP contribution in [-0.2, 0) is 21.2 Å². The van der Waals surface area contributed by atoms with Gasteiger partial charge in [-0.25, -0.2) is 17.2 Å². The van der Waals surface area contributed by atoms with E-state index in [4.69, 9.17) is 0 Å². The Kier molecular flexibility index (Phi) is 6.16. The molecule has 0 bridgehead atoms. The van der Waals surface area contributed by atoms with E-state index in [9.17, 15) is 22.0 Å². The summed E-state index contributed by atoms with van der Waals surface area (Å²) in [6, 6.07) is 16.9. The first-order chi connectivity index (χ1) is 16.7. The average Bonchev–Trinajstić information content (AvgIpc) is 3.14. The summed E-state index contributed by atoms with van der Waals surface area (Å²) in [5.41, 5.74) is 3.15. The fraction of sp³-hybridized carbons (Fsp3) is 0.269. The highest BCUT2D eigenvalue weighted by Gasteiger charge is 2.33. The Hall–Kier alpha value is -3.14. The number of hydrogen-bond donors (Lipinski definition) is 0. The zero-order valence-electron chi connectivity index (χ0n) is 19.2. The monoisotopic (exact) mass is 497 g/mol. The second-order valence-electron chi connectivity index (χ2n) is 8.87. The number of amides is 1. The molecular formula is C26H25F2N3O3S. The molecule has 1 fully saturated rings. The Labute approximate surface area is 203 Å². The molecule has 35 heavy (non-hydrogen) atoms. The first-order valence-corrected chi connectivity index (χ1v) is 12.8. The maximum absolute atomic E-state index is 13.6. The number of rotatable bonds is 5. The van der Waals surface area contributed by atoms with Crippen molar-refractivity contribution in [3.05, 3.63) is 95.1 Å². The van der Waals surface area contributed by atoms with E-state index in [2.05, 4.69) is 4.90 Å². The Bertz CT molecular complexity index is 1310. The summed E-state index contributed by atoms with van der Waals surface area (Å²) < 4.78 is 55.3. The number of benzene rings is 3. The van der Waals surface area contributed by atoms with Gasteiger partial charge in [-0.1, -0.05) is 24.3 Å². The van der Waals surface area contributed by atoms with Crippen molar-refractivity contribution in [2.45, 2.75) is 17.4 Å². The molecule has 3 aromatic rings. The lowest BCUT2D eigenvalue weighted by Crippen LogP contribution is -2.49. The number of piperazine rings is 1. The third-order valence-electron chi connectivity index (χ3n) is 6.78. The highest BCUT2D eigenvalue weighted by Crippen LogP contribution is 2.33. The number of halogens is 2. The molecule has 1 saturated heterocycles. The number of anilines is 1. The Morgan fingerprint density at radius 1 is 0.800 bits per heavy atom. The molecular weight excluding hydrogens is 472 g/mol. The second kappa shape index (κ2) is 9.14. The number of likely N-dealkylation sites (N-methyl/N-ethyl adjacent to an activating group) is 1. The van der Waals surface area contributed by atoms with Crippen LogP contribution >= 0.6 is 0 Å². The predicted molar refractivity (Wildman–Crippen MR) is 129 cm³/mol. The van der Waals surface area contributed by atoms with E-state index in [1.807, 2.05) is 0 Å². The second-order valence-corrected chi connectivity index (χ2v) is 10.8. The van der Waals surface area contributed by atoms with E-state index in [0.29, 0.717) is 18.7 Å². The molecule has 0 unspecified atom stereocenters. The average molecular weight is 498 g/mol. The number of hydrogen-bond acceptors (Lipinski definition) is 4. The van der Waals surface area contributed by atoms with Crippen molar-refractivity contribution in [1.29, 1.82) is 0 Å². The van der Waals surface area contributed by atoms with Gasteiger partial charge in [0.25, 0.3) is 0 Å². The summed E-state index contributed by atoms with van der Waals surface area (Å²) in [5, 5.41) is 0. The van der Waals surface area contributed by atoms with E-state index in [0.717, 1.165) is 16.8 Å². The highest BCUT2D eigenvalue weighted by molar-refractivity contribution is 7.89. The summed E-state index contributed by atoms with van der Waals surface area (Å²) >= 11 is 0. The molecule has 2 heterocycles. The standard InChI is InChI=1S/C26H25F2N3O3S/c1-29-24-11-10-23(16-20(24)17-25(29)32)35(33,34)31-14-12-30(13-15-31)26(18-2-6-21(27)7-3-18)19-4-8-22(28)9-5-19/h2-11,16,26H,12-15,17H2,1H3. The summed E-state index contributed by atoms with van der Waals surface area (Å²) in [6.07, 6.45) is 0.194. The van der Waals surface area contributed by atoms with Crippen molar-refractivity contribution < 1.29 is 22.0 Å². The van der Waals surface area contributed by atoms with Gasteiger partial charge in [-0.3, -0.25) is 9.69 Å². The van der Waals surface area contributed by atoms with Crippen LogP contribution in [0.3, 0.4) is 0 Å². The maximum atomic E-state index is 13.6. The number of nitrogens with zero attached hydrogens (tertiary/aromatic N) is 3. The molecule has 0 aromatic heterocycles. The van der Waals surface area contributed by atoms with Gasteiger partial charge in [-0.2, -0.15) is 4.31 Å². The molecule has 3 aromatic carbocycles. The molecule has 9 heteroatoms. The van der Waals surface area contributed by atoms with Gasteiger partial charge < -0.3 is 4.90 Å². The molecule has 0 saturated carbocycles. The molecule has 0 N–H and O–H groups in total. The lowest BCUT2D eigenvalue weighted by molar-refractivity contribution is -0.117. The van der Waals surface area contributed by atoms with E-state index < -0.39 is 10.0 Å². The molecule has 182 valence electrons. The number of carbonyl (C=O) groups is 1. The first-order valence-electron chi connectivity index (χ1n) is 11.4. The van der Waals surface area contributed by atoms with E-state index in [1.165, 1.54) is 33.5 Å². The summed E-state index contributed by atoms with van der Waals surface area (Å²) in [4.78, 5) is 15.8. The molecule has 0 atom stereocenters. The van der Waals surface area contributed by atoms with Crippen LogP contribution < -0.4 is 4.90 Å². The minimum atomic E-state index is -3.73. The predicted octanol–water partition coefficient (Wildman–Crippen LogP) is 3.58. The van der Waals surface area contributed by atoms with Crippen molar-refractivity contribution in [2.75, 3.05) is 38.1 Å². The summed E-state index contributed by atoms with van der Waals surface area (Å²) in [5.74, 6) is -0.745. The van der Waals surface area contributed by atoms with Crippen LogP contribution in [-0.4, -0.2) is 56.8 Å². The van der Waals surface area contributed by atoms with Crippen molar-refractivity contribution in [3.8, 4) is 0 Å². The van der Waals surface area contributed by atoms with Crippen LogP contribution in [0, 0.1) is 11.6 Å². The molecule has 0 spiro atoms. The fourth-order valence-electron chi connectivity index (χ4n) is 4.86. The maximum Gasteiger partial charge on any atom is 0.243 e. The SMILES string of the molecule is CN1C(=O)Cc2cc(S(=O)(=O)N3CCN(C(c4ccc(F)cc4)c4ccc(F)cc4)CC3)ccc21. The smallest absolute Gasteiger partial charge is 0.243 e. The molecule has 2 aliphatic heterocycles. The van der Waals surface area contributed by atoms with Crippen LogP contribution in [0.15, 0.2) is 71.6 Å². The molecule has 0 radical (unpaired) electrons. The van der Waals surface area contributed by atoms with Crippen LogP contribution in [0.5, 0.6) is 0 Å². The molecule has 5 rings (SSSR count). The van der Waals surface area contributed by atoms with Crippen LogP contribution in [0.25, 0.3) is 0 Å². The number of carbonyl (C=O) groups excluding carboxylic acids is 1. The van der Waals surface area contributed by atoms with E-state index in [1.54, 1.807) is 49.5 Å². The summed E-state index contributed by atoms with van der Waals surface area (Å²) in [6.45, 7) is 1.45. The van der Waals surface area contributed by atoms with Crippen molar-refractivity contribution in [3.63, 3.8) is 0 Å². The van der Waals surface area contributed by atoms with Crippen molar-refractivity contribution in [2.24, 2.45) is 0 Å². The van der Waals surface area contributed by atoms with Gasteiger partial charge in [-0.15, -0.1) is 0 Å². The number of fused-ring (bicyclic) bond motifs is 1. The van der Waals surface area contributed by atoms with Gasteiger partial charge in [0.05, 0.1) is 17.4 Å². The topological polar surface area (TPSA) is 60.9 Å². The normalized spacial score (nSPS) is 17.3.